The summed E-state index contributed by atoms with van der Waals surface area (Å²) in [6, 6.07) is 9.31. The average molecular weight is 444 g/mol. The maximum Gasteiger partial charge on any atom is 0.339 e. The molecule has 0 aliphatic rings. The molecule has 0 radical (unpaired) electrons. The largest absolute Gasteiger partial charge is 0.465 e. The molecule has 2 aromatic rings. The fourth-order valence-electron chi connectivity index (χ4n) is 2.34. The lowest BCUT2D eigenvalue weighted by molar-refractivity contribution is -0.114. The van der Waals surface area contributed by atoms with Gasteiger partial charge in [0, 0.05) is 19.8 Å². The fourth-order valence-corrected chi connectivity index (χ4v) is 3.61. The first-order valence-corrected chi connectivity index (χ1v) is 9.98. The molecule has 29 heavy (non-hydrogen) atoms. The van der Waals surface area contributed by atoms with E-state index in [-0.39, 0.29) is 22.0 Å². The van der Waals surface area contributed by atoms with Crippen molar-refractivity contribution in [3.05, 3.63) is 58.9 Å². The lowest BCUT2D eigenvalue weighted by Crippen LogP contribution is -2.44. The number of hydrogen-bond acceptors (Lipinski definition) is 5. The van der Waals surface area contributed by atoms with Gasteiger partial charge in [-0.1, -0.05) is 23.7 Å². The van der Waals surface area contributed by atoms with E-state index in [1.54, 1.807) is 0 Å². The lowest BCUT2D eigenvalue weighted by atomic mass is 10.2. The summed E-state index contributed by atoms with van der Waals surface area (Å²) in [6.45, 7) is -0.697. The number of para-hydroxylation sites is 1. The van der Waals surface area contributed by atoms with Crippen molar-refractivity contribution < 1.29 is 27.1 Å². The molecular formula is C18H19ClFN3O5S. The van der Waals surface area contributed by atoms with Crippen molar-refractivity contribution in [3.63, 3.8) is 0 Å². The molecule has 0 saturated heterocycles. The summed E-state index contributed by atoms with van der Waals surface area (Å²) in [5.74, 6) is -2.25. The molecule has 0 aliphatic heterocycles. The van der Waals surface area contributed by atoms with E-state index in [9.17, 15) is 22.4 Å². The van der Waals surface area contributed by atoms with Gasteiger partial charge in [-0.2, -0.15) is 12.7 Å². The average Bonchev–Trinajstić information content (AvgIpc) is 2.67. The third kappa shape index (κ3) is 5.22. The van der Waals surface area contributed by atoms with Crippen LogP contribution in [-0.2, 0) is 19.7 Å². The zero-order chi connectivity index (χ0) is 21.8. The van der Waals surface area contributed by atoms with Gasteiger partial charge in [-0.25, -0.2) is 13.5 Å². The first-order chi connectivity index (χ1) is 13.6. The van der Waals surface area contributed by atoms with Crippen molar-refractivity contribution in [2.75, 3.05) is 37.4 Å². The SMILES string of the molecule is COC(=O)c1cc(NC(=O)CN(c2ccccc2F)S(=O)(=O)N(C)C)ccc1Cl. The van der Waals surface area contributed by atoms with E-state index in [1.807, 2.05) is 0 Å². The van der Waals surface area contributed by atoms with Crippen LogP contribution in [0.25, 0.3) is 0 Å². The molecule has 0 atom stereocenters. The standard InChI is InChI=1S/C18H19ClFN3O5S/c1-22(2)29(26,27)23(16-7-5-4-6-15(16)20)11-17(24)21-12-8-9-14(19)13(10-12)18(25)28-3/h4-10H,11H2,1-3H3,(H,21,24). The van der Waals surface area contributed by atoms with Crippen molar-refractivity contribution in [3.8, 4) is 0 Å². The minimum absolute atomic E-state index is 0.0267. The summed E-state index contributed by atoms with van der Waals surface area (Å²) in [5.41, 5.74) is -0.0583. The third-order valence-electron chi connectivity index (χ3n) is 3.80. The van der Waals surface area contributed by atoms with Crippen molar-refractivity contribution in [2.24, 2.45) is 0 Å². The molecule has 0 spiro atoms. The summed E-state index contributed by atoms with van der Waals surface area (Å²) in [5, 5.41) is 2.59. The Labute approximate surface area is 173 Å². The van der Waals surface area contributed by atoms with Crippen LogP contribution in [0, 0.1) is 5.82 Å². The minimum atomic E-state index is -4.16. The maximum atomic E-state index is 14.2. The Morgan fingerprint density at radius 1 is 1.17 bits per heavy atom. The first kappa shape index (κ1) is 22.6. The molecule has 2 aromatic carbocycles. The zero-order valence-electron chi connectivity index (χ0n) is 15.8. The van der Waals surface area contributed by atoms with Gasteiger partial charge in [0.15, 0.2) is 0 Å². The first-order valence-electron chi connectivity index (χ1n) is 8.20. The smallest absolute Gasteiger partial charge is 0.339 e. The normalized spacial score (nSPS) is 11.2. The molecule has 0 fully saturated rings. The molecule has 156 valence electrons. The summed E-state index contributed by atoms with van der Waals surface area (Å²) in [7, 11) is -0.447. The van der Waals surface area contributed by atoms with E-state index < -0.39 is 34.4 Å². The summed E-state index contributed by atoms with van der Waals surface area (Å²) < 4.78 is 45.6. The Balaban J connectivity index is 2.32. The molecule has 8 nitrogen and oxygen atoms in total. The highest BCUT2D eigenvalue weighted by Gasteiger charge is 2.29. The number of hydrogen-bond donors (Lipinski definition) is 1. The molecule has 11 heteroatoms. The van der Waals surface area contributed by atoms with Crippen LogP contribution in [0.5, 0.6) is 0 Å². The molecule has 1 amide bonds. The predicted molar refractivity (Wildman–Crippen MR) is 108 cm³/mol. The van der Waals surface area contributed by atoms with Crippen molar-refractivity contribution in [1.29, 1.82) is 0 Å². The highest BCUT2D eigenvalue weighted by atomic mass is 35.5. The number of anilines is 2. The molecule has 0 aliphatic carbocycles. The minimum Gasteiger partial charge on any atom is -0.465 e. The second-order valence-corrected chi connectivity index (χ2v) is 8.46. The number of nitrogens with one attached hydrogen (secondary N) is 1. The Morgan fingerprint density at radius 3 is 2.41 bits per heavy atom. The van der Waals surface area contributed by atoms with E-state index >= 15 is 0 Å². The van der Waals surface area contributed by atoms with E-state index in [0.29, 0.717) is 4.31 Å². The van der Waals surface area contributed by atoms with Crippen LogP contribution in [0.3, 0.4) is 0 Å². The molecular weight excluding hydrogens is 425 g/mol. The number of ether oxygens (including phenoxy) is 1. The highest BCUT2D eigenvalue weighted by Crippen LogP contribution is 2.24. The van der Waals surface area contributed by atoms with Crippen LogP contribution in [0.2, 0.25) is 5.02 Å². The Kier molecular flexibility index (Phi) is 7.17. The number of carbonyl (C=O) groups excluding carboxylic acids is 2. The topological polar surface area (TPSA) is 96.0 Å². The second kappa shape index (κ2) is 9.21. The van der Waals surface area contributed by atoms with Gasteiger partial charge in [-0.15, -0.1) is 0 Å². The summed E-state index contributed by atoms with van der Waals surface area (Å²) in [4.78, 5) is 24.2. The van der Waals surface area contributed by atoms with Gasteiger partial charge in [0.2, 0.25) is 5.91 Å². The molecule has 2 rings (SSSR count). The number of halogens is 2. The number of methoxy groups -OCH3 is 1. The van der Waals surface area contributed by atoms with Crippen molar-refractivity contribution in [2.45, 2.75) is 0 Å². The highest BCUT2D eigenvalue weighted by molar-refractivity contribution is 7.90. The van der Waals surface area contributed by atoms with Gasteiger partial charge in [0.05, 0.1) is 23.4 Å². The number of nitrogens with zero attached hydrogens (tertiary/aromatic N) is 2. The van der Waals surface area contributed by atoms with Gasteiger partial charge in [-0.3, -0.25) is 4.79 Å². The molecule has 0 saturated carbocycles. The zero-order valence-corrected chi connectivity index (χ0v) is 17.4. The summed E-state index contributed by atoms with van der Waals surface area (Å²) in [6.07, 6.45) is 0. The number of esters is 1. The molecule has 0 aromatic heterocycles. The van der Waals surface area contributed by atoms with Crippen LogP contribution in [0.15, 0.2) is 42.5 Å². The third-order valence-corrected chi connectivity index (χ3v) is 5.94. The Hall–Kier alpha value is -2.69. The van der Waals surface area contributed by atoms with Crippen LogP contribution >= 0.6 is 11.6 Å². The maximum absolute atomic E-state index is 14.2. The van der Waals surface area contributed by atoms with Gasteiger partial charge >= 0.3 is 16.2 Å². The van der Waals surface area contributed by atoms with Crippen LogP contribution in [-0.4, -0.2) is 52.3 Å². The number of benzene rings is 2. The Bertz CT molecular complexity index is 1030. The number of carbonyl (C=O) groups is 2. The molecule has 0 unspecified atom stereocenters. The van der Waals surface area contributed by atoms with E-state index in [4.69, 9.17) is 11.6 Å². The van der Waals surface area contributed by atoms with Crippen LogP contribution in [0.4, 0.5) is 15.8 Å². The number of rotatable bonds is 7. The van der Waals surface area contributed by atoms with Gasteiger partial charge in [0.25, 0.3) is 0 Å². The second-order valence-electron chi connectivity index (χ2n) is 5.98. The Morgan fingerprint density at radius 2 is 1.83 bits per heavy atom. The van der Waals surface area contributed by atoms with E-state index in [0.717, 1.165) is 10.4 Å². The van der Waals surface area contributed by atoms with Gasteiger partial charge in [0.1, 0.15) is 12.4 Å². The quantitative estimate of drug-likeness (QED) is 0.663. The molecule has 0 bridgehead atoms. The molecule has 0 heterocycles. The predicted octanol–water partition coefficient (Wildman–Crippen LogP) is 2.52. The van der Waals surface area contributed by atoms with Crippen molar-refractivity contribution >= 4 is 45.1 Å². The molecule has 1 N–H and O–H groups in total. The fraction of sp³-hybridized carbons (Fsp3) is 0.222. The van der Waals surface area contributed by atoms with Gasteiger partial charge in [-0.05, 0) is 30.3 Å². The summed E-state index contributed by atoms with van der Waals surface area (Å²) >= 11 is 5.93. The monoisotopic (exact) mass is 443 g/mol. The lowest BCUT2D eigenvalue weighted by Gasteiger charge is -2.27. The van der Waals surface area contributed by atoms with E-state index in [2.05, 4.69) is 10.1 Å². The number of amides is 1. The van der Waals surface area contributed by atoms with Crippen molar-refractivity contribution in [1.82, 2.24) is 4.31 Å². The van der Waals surface area contributed by atoms with E-state index in [1.165, 1.54) is 57.6 Å². The van der Waals surface area contributed by atoms with Crippen LogP contribution < -0.4 is 9.62 Å². The van der Waals surface area contributed by atoms with Gasteiger partial charge < -0.3 is 10.1 Å². The van der Waals surface area contributed by atoms with Crippen LogP contribution in [0.1, 0.15) is 10.4 Å².